The fourth-order valence-corrected chi connectivity index (χ4v) is 4.74. The summed E-state index contributed by atoms with van der Waals surface area (Å²) in [6.07, 6.45) is 4.97. The SMILES string of the molecule is CCOC(=O)c1cc(N2CCC(C)(C(N)=O)CC2)c2ncc(-c3ccc(C)s3)n2c1. The molecular formula is C22H26N4O3S. The molecule has 0 bridgehead atoms. The Morgan fingerprint density at radius 1 is 1.30 bits per heavy atom. The Bertz CT molecular complexity index is 1110. The molecule has 7 nitrogen and oxygen atoms in total. The number of aromatic nitrogens is 2. The van der Waals surface area contributed by atoms with E-state index < -0.39 is 5.41 Å². The van der Waals surface area contributed by atoms with E-state index in [4.69, 9.17) is 10.5 Å². The molecule has 0 aliphatic carbocycles. The van der Waals surface area contributed by atoms with Crippen molar-refractivity contribution in [3.8, 4) is 10.6 Å². The predicted molar refractivity (Wildman–Crippen MR) is 118 cm³/mol. The molecule has 1 aliphatic heterocycles. The first-order valence-electron chi connectivity index (χ1n) is 10.1. The number of carbonyl (C=O) groups excluding carboxylic acids is 2. The molecule has 0 atom stereocenters. The van der Waals surface area contributed by atoms with Crippen LogP contribution in [0, 0.1) is 12.3 Å². The second kappa shape index (κ2) is 7.75. The summed E-state index contributed by atoms with van der Waals surface area (Å²) in [7, 11) is 0. The molecule has 3 aromatic heterocycles. The fraction of sp³-hybridized carbons (Fsp3) is 0.409. The molecule has 0 spiro atoms. The smallest absolute Gasteiger partial charge is 0.339 e. The lowest BCUT2D eigenvalue weighted by Crippen LogP contribution is -2.45. The molecule has 30 heavy (non-hydrogen) atoms. The van der Waals surface area contributed by atoms with E-state index in [1.165, 1.54) is 4.88 Å². The molecule has 0 unspecified atom stereocenters. The predicted octanol–water partition coefficient (Wildman–Crippen LogP) is 3.64. The van der Waals surface area contributed by atoms with E-state index in [0.29, 0.717) is 38.1 Å². The van der Waals surface area contributed by atoms with Crippen molar-refractivity contribution in [1.29, 1.82) is 0 Å². The Morgan fingerprint density at radius 3 is 2.63 bits per heavy atom. The number of primary amides is 1. The summed E-state index contributed by atoms with van der Waals surface area (Å²) in [5.41, 5.74) is 8.18. The van der Waals surface area contributed by atoms with Gasteiger partial charge >= 0.3 is 5.97 Å². The van der Waals surface area contributed by atoms with Crippen molar-refractivity contribution in [2.75, 3.05) is 24.6 Å². The topological polar surface area (TPSA) is 89.9 Å². The maximum absolute atomic E-state index is 12.6. The number of nitrogens with two attached hydrogens (primary N) is 1. The minimum Gasteiger partial charge on any atom is -0.462 e. The second-order valence-electron chi connectivity index (χ2n) is 7.99. The highest BCUT2D eigenvalue weighted by molar-refractivity contribution is 7.15. The van der Waals surface area contributed by atoms with E-state index in [1.54, 1.807) is 24.5 Å². The summed E-state index contributed by atoms with van der Waals surface area (Å²) < 4.78 is 7.23. The van der Waals surface area contributed by atoms with Crippen molar-refractivity contribution in [3.05, 3.63) is 41.0 Å². The van der Waals surface area contributed by atoms with Crippen LogP contribution in [0.2, 0.25) is 0 Å². The molecule has 4 rings (SSSR count). The molecule has 1 amide bonds. The Kier molecular flexibility index (Phi) is 5.27. The van der Waals surface area contributed by atoms with Crippen LogP contribution in [0.1, 0.15) is 41.9 Å². The summed E-state index contributed by atoms with van der Waals surface area (Å²) in [5.74, 6) is -0.620. The number of ether oxygens (including phenoxy) is 1. The third-order valence-corrected chi connectivity index (χ3v) is 6.92. The largest absolute Gasteiger partial charge is 0.462 e. The number of hydrogen-bond donors (Lipinski definition) is 1. The van der Waals surface area contributed by atoms with E-state index in [-0.39, 0.29) is 11.9 Å². The number of pyridine rings is 1. The maximum atomic E-state index is 12.6. The number of amides is 1. The van der Waals surface area contributed by atoms with Gasteiger partial charge in [0.1, 0.15) is 0 Å². The summed E-state index contributed by atoms with van der Waals surface area (Å²) >= 11 is 1.69. The van der Waals surface area contributed by atoms with Gasteiger partial charge in [-0.05, 0) is 44.9 Å². The molecule has 158 valence electrons. The Balaban J connectivity index is 1.79. The van der Waals surface area contributed by atoms with Gasteiger partial charge in [0.25, 0.3) is 0 Å². The number of thiophene rings is 1. The summed E-state index contributed by atoms with van der Waals surface area (Å²) in [6, 6.07) is 5.99. The van der Waals surface area contributed by atoms with Gasteiger partial charge in [0, 0.05) is 29.6 Å². The lowest BCUT2D eigenvalue weighted by atomic mass is 9.79. The summed E-state index contributed by atoms with van der Waals surface area (Å²) in [4.78, 5) is 33.6. The highest BCUT2D eigenvalue weighted by atomic mass is 32.1. The highest BCUT2D eigenvalue weighted by Crippen LogP contribution is 2.36. The average molecular weight is 427 g/mol. The van der Waals surface area contributed by atoms with Gasteiger partial charge < -0.3 is 15.4 Å². The monoisotopic (exact) mass is 426 g/mol. The molecular weight excluding hydrogens is 400 g/mol. The van der Waals surface area contributed by atoms with Gasteiger partial charge in [-0.25, -0.2) is 9.78 Å². The Morgan fingerprint density at radius 2 is 2.03 bits per heavy atom. The molecule has 4 heterocycles. The number of aryl methyl sites for hydroxylation is 1. The third-order valence-electron chi connectivity index (χ3n) is 5.89. The standard InChI is InChI=1S/C22H26N4O3S/c1-4-29-20(27)15-11-16(25-9-7-22(3,8-10-25)21(23)28)19-24-12-17(26(19)13-15)18-6-5-14(2)30-18/h5-6,11-13H,4,7-10H2,1-3H3,(H2,23,28). The molecule has 8 heteroatoms. The summed E-state index contributed by atoms with van der Waals surface area (Å²) in [6.45, 7) is 7.43. The van der Waals surface area contributed by atoms with Crippen molar-refractivity contribution in [3.63, 3.8) is 0 Å². The van der Waals surface area contributed by atoms with E-state index in [2.05, 4.69) is 28.9 Å². The van der Waals surface area contributed by atoms with Crippen LogP contribution >= 0.6 is 11.3 Å². The molecule has 0 saturated carbocycles. The normalized spacial score (nSPS) is 16.0. The van der Waals surface area contributed by atoms with Crippen LogP contribution in [0.3, 0.4) is 0 Å². The van der Waals surface area contributed by atoms with Crippen molar-refractivity contribution in [2.24, 2.45) is 11.1 Å². The van der Waals surface area contributed by atoms with E-state index in [1.807, 2.05) is 23.6 Å². The molecule has 0 radical (unpaired) electrons. The molecule has 3 aromatic rings. The van der Waals surface area contributed by atoms with Crippen molar-refractivity contribution in [1.82, 2.24) is 9.38 Å². The molecule has 2 N–H and O–H groups in total. The van der Waals surface area contributed by atoms with Gasteiger partial charge in [0.2, 0.25) is 5.91 Å². The van der Waals surface area contributed by atoms with Crippen LogP contribution in [0.5, 0.6) is 0 Å². The summed E-state index contributed by atoms with van der Waals surface area (Å²) in [5, 5.41) is 0. The Hall–Kier alpha value is -2.87. The first-order valence-corrected chi connectivity index (χ1v) is 10.9. The minimum absolute atomic E-state index is 0.260. The number of nitrogens with zero attached hydrogens (tertiary/aromatic N) is 3. The maximum Gasteiger partial charge on any atom is 0.339 e. The second-order valence-corrected chi connectivity index (χ2v) is 9.28. The molecule has 1 aliphatic rings. The highest BCUT2D eigenvalue weighted by Gasteiger charge is 2.36. The quantitative estimate of drug-likeness (QED) is 0.629. The van der Waals surface area contributed by atoms with Gasteiger partial charge in [0.05, 0.1) is 34.6 Å². The third kappa shape index (κ3) is 3.56. The van der Waals surface area contributed by atoms with Crippen LogP contribution in [-0.4, -0.2) is 41.0 Å². The van der Waals surface area contributed by atoms with Crippen molar-refractivity contribution in [2.45, 2.75) is 33.6 Å². The lowest BCUT2D eigenvalue weighted by molar-refractivity contribution is -0.127. The van der Waals surface area contributed by atoms with E-state index in [0.717, 1.165) is 21.9 Å². The number of carbonyl (C=O) groups is 2. The number of anilines is 1. The first kappa shape index (κ1) is 20.4. The average Bonchev–Trinajstić information content (AvgIpc) is 3.34. The number of piperidine rings is 1. The van der Waals surface area contributed by atoms with E-state index >= 15 is 0 Å². The van der Waals surface area contributed by atoms with Crippen LogP contribution in [0.15, 0.2) is 30.6 Å². The van der Waals surface area contributed by atoms with Gasteiger partial charge in [-0.1, -0.05) is 6.92 Å². The lowest BCUT2D eigenvalue weighted by Gasteiger charge is -2.38. The zero-order valence-electron chi connectivity index (χ0n) is 17.5. The molecule has 1 saturated heterocycles. The van der Waals surface area contributed by atoms with Gasteiger partial charge in [-0.3, -0.25) is 9.20 Å². The number of hydrogen-bond acceptors (Lipinski definition) is 6. The van der Waals surface area contributed by atoms with E-state index in [9.17, 15) is 9.59 Å². The van der Waals surface area contributed by atoms with Gasteiger partial charge in [-0.2, -0.15) is 0 Å². The van der Waals surface area contributed by atoms with Crippen LogP contribution < -0.4 is 10.6 Å². The number of fused-ring (bicyclic) bond motifs is 1. The number of esters is 1. The fourth-order valence-electron chi connectivity index (χ4n) is 3.87. The number of rotatable bonds is 5. The number of imidazole rings is 1. The minimum atomic E-state index is -0.499. The Labute approximate surface area is 179 Å². The van der Waals surface area contributed by atoms with Gasteiger partial charge in [-0.15, -0.1) is 11.3 Å². The molecule has 0 aromatic carbocycles. The van der Waals surface area contributed by atoms with Crippen molar-refractivity contribution >= 4 is 34.5 Å². The van der Waals surface area contributed by atoms with Gasteiger partial charge in [0.15, 0.2) is 5.65 Å². The van der Waals surface area contributed by atoms with Crippen LogP contribution in [0.4, 0.5) is 5.69 Å². The van der Waals surface area contributed by atoms with Crippen molar-refractivity contribution < 1.29 is 14.3 Å². The van der Waals surface area contributed by atoms with Crippen LogP contribution in [-0.2, 0) is 9.53 Å². The molecule has 1 fully saturated rings. The zero-order chi connectivity index (χ0) is 21.5. The van der Waals surface area contributed by atoms with Crippen LogP contribution in [0.25, 0.3) is 16.2 Å². The first-order chi connectivity index (χ1) is 14.3. The zero-order valence-corrected chi connectivity index (χ0v) is 18.3.